The van der Waals surface area contributed by atoms with Gasteiger partial charge in [0.2, 0.25) is 0 Å². The molecule has 17 heavy (non-hydrogen) atoms. The van der Waals surface area contributed by atoms with Crippen molar-refractivity contribution in [2.24, 2.45) is 0 Å². The number of anilines is 2. The topological polar surface area (TPSA) is 70.1 Å². The smallest absolute Gasteiger partial charge is 0.134 e. The van der Waals surface area contributed by atoms with Gasteiger partial charge in [0.15, 0.2) is 0 Å². The van der Waals surface area contributed by atoms with Crippen LogP contribution in [-0.2, 0) is 6.42 Å². The molecule has 0 aromatic carbocycles. The summed E-state index contributed by atoms with van der Waals surface area (Å²) in [6, 6.07) is 0. The standard InChI is InChI=1S/C12H20N4O/c1-3-9-10(13-2)15-8-16-11(9)14-7-12(17)5-4-6-12/h8,17H,3-7H2,1-2H3,(H2,13,14,15,16). The van der Waals surface area contributed by atoms with E-state index >= 15 is 0 Å². The molecule has 3 N–H and O–H groups in total. The van der Waals surface area contributed by atoms with Gasteiger partial charge in [-0.05, 0) is 25.7 Å². The second-order valence-corrected chi connectivity index (χ2v) is 4.58. The molecule has 1 fully saturated rings. The summed E-state index contributed by atoms with van der Waals surface area (Å²) < 4.78 is 0. The van der Waals surface area contributed by atoms with E-state index < -0.39 is 5.60 Å². The first-order valence-corrected chi connectivity index (χ1v) is 6.16. The van der Waals surface area contributed by atoms with E-state index in [1.165, 1.54) is 6.33 Å². The molecule has 1 aliphatic rings. The minimum Gasteiger partial charge on any atom is -0.388 e. The maximum absolute atomic E-state index is 10.0. The van der Waals surface area contributed by atoms with Crippen LogP contribution in [0, 0.1) is 0 Å². The van der Waals surface area contributed by atoms with Crippen molar-refractivity contribution < 1.29 is 5.11 Å². The van der Waals surface area contributed by atoms with Crippen LogP contribution in [-0.4, -0.2) is 34.3 Å². The van der Waals surface area contributed by atoms with Gasteiger partial charge in [0, 0.05) is 19.2 Å². The van der Waals surface area contributed by atoms with Crippen LogP contribution in [0.5, 0.6) is 0 Å². The Balaban J connectivity index is 2.09. The highest BCUT2D eigenvalue weighted by Gasteiger charge is 2.34. The van der Waals surface area contributed by atoms with Gasteiger partial charge in [-0.15, -0.1) is 0 Å². The number of hydrogen-bond donors (Lipinski definition) is 3. The van der Waals surface area contributed by atoms with Gasteiger partial charge in [0.1, 0.15) is 18.0 Å². The molecule has 0 saturated heterocycles. The number of rotatable bonds is 5. The summed E-state index contributed by atoms with van der Waals surface area (Å²) >= 11 is 0. The highest BCUT2D eigenvalue weighted by molar-refractivity contribution is 5.57. The van der Waals surface area contributed by atoms with Crippen molar-refractivity contribution in [3.05, 3.63) is 11.9 Å². The van der Waals surface area contributed by atoms with Crippen LogP contribution in [0.1, 0.15) is 31.7 Å². The largest absolute Gasteiger partial charge is 0.388 e. The van der Waals surface area contributed by atoms with Gasteiger partial charge in [-0.25, -0.2) is 9.97 Å². The van der Waals surface area contributed by atoms with Crippen LogP contribution < -0.4 is 10.6 Å². The first-order valence-electron chi connectivity index (χ1n) is 6.16. The van der Waals surface area contributed by atoms with E-state index in [0.29, 0.717) is 6.54 Å². The van der Waals surface area contributed by atoms with E-state index in [1.54, 1.807) is 0 Å². The molecule has 0 amide bonds. The lowest BCUT2D eigenvalue weighted by atomic mass is 9.80. The first-order chi connectivity index (χ1) is 8.18. The Bertz CT molecular complexity index is 390. The second kappa shape index (κ2) is 4.87. The molecule has 94 valence electrons. The van der Waals surface area contributed by atoms with Gasteiger partial charge in [0.05, 0.1) is 5.60 Å². The quantitative estimate of drug-likeness (QED) is 0.721. The molecule has 1 aromatic rings. The summed E-state index contributed by atoms with van der Waals surface area (Å²) in [5, 5.41) is 16.3. The molecular weight excluding hydrogens is 216 g/mol. The molecule has 1 heterocycles. The fraction of sp³-hybridized carbons (Fsp3) is 0.667. The Morgan fingerprint density at radius 3 is 2.59 bits per heavy atom. The molecule has 0 unspecified atom stereocenters. The summed E-state index contributed by atoms with van der Waals surface area (Å²) in [5.41, 5.74) is 0.536. The number of aliphatic hydroxyl groups is 1. The lowest BCUT2D eigenvalue weighted by Crippen LogP contribution is -2.43. The van der Waals surface area contributed by atoms with E-state index in [1.807, 2.05) is 7.05 Å². The minimum absolute atomic E-state index is 0.532. The van der Waals surface area contributed by atoms with Crippen LogP contribution in [0.3, 0.4) is 0 Å². The summed E-state index contributed by atoms with van der Waals surface area (Å²) in [6.45, 7) is 2.64. The fourth-order valence-corrected chi connectivity index (χ4v) is 2.12. The third-order valence-electron chi connectivity index (χ3n) is 3.40. The number of hydrogen-bond acceptors (Lipinski definition) is 5. The Morgan fingerprint density at radius 1 is 1.35 bits per heavy atom. The van der Waals surface area contributed by atoms with E-state index in [9.17, 15) is 5.11 Å². The SMILES string of the molecule is CCc1c(NC)ncnc1NCC1(O)CCC1. The van der Waals surface area contributed by atoms with Crippen molar-refractivity contribution in [2.45, 2.75) is 38.2 Å². The van der Waals surface area contributed by atoms with Crippen molar-refractivity contribution in [1.82, 2.24) is 9.97 Å². The maximum Gasteiger partial charge on any atom is 0.134 e. The van der Waals surface area contributed by atoms with E-state index in [2.05, 4.69) is 27.5 Å². The zero-order valence-corrected chi connectivity index (χ0v) is 10.5. The lowest BCUT2D eigenvalue weighted by molar-refractivity contribution is -0.0202. The monoisotopic (exact) mass is 236 g/mol. The van der Waals surface area contributed by atoms with Gasteiger partial charge < -0.3 is 15.7 Å². The molecule has 0 bridgehead atoms. The van der Waals surface area contributed by atoms with Crippen LogP contribution in [0.2, 0.25) is 0 Å². The Morgan fingerprint density at radius 2 is 2.06 bits per heavy atom. The van der Waals surface area contributed by atoms with Crippen molar-refractivity contribution in [3.63, 3.8) is 0 Å². The third-order valence-corrected chi connectivity index (χ3v) is 3.40. The Labute approximate surface area is 102 Å². The molecule has 0 spiro atoms. The maximum atomic E-state index is 10.0. The van der Waals surface area contributed by atoms with Gasteiger partial charge in [-0.2, -0.15) is 0 Å². The summed E-state index contributed by atoms with van der Waals surface area (Å²) in [5.74, 6) is 1.68. The molecule has 1 saturated carbocycles. The summed E-state index contributed by atoms with van der Waals surface area (Å²) in [4.78, 5) is 8.43. The molecule has 2 rings (SSSR count). The minimum atomic E-state index is -0.532. The molecule has 1 aromatic heterocycles. The molecule has 5 nitrogen and oxygen atoms in total. The van der Waals surface area contributed by atoms with Gasteiger partial charge in [-0.3, -0.25) is 0 Å². The average molecular weight is 236 g/mol. The van der Waals surface area contributed by atoms with E-state index in [0.717, 1.165) is 42.9 Å². The molecule has 0 radical (unpaired) electrons. The Kier molecular flexibility index (Phi) is 3.47. The highest BCUT2D eigenvalue weighted by Crippen LogP contribution is 2.32. The zero-order chi connectivity index (χ0) is 12.3. The second-order valence-electron chi connectivity index (χ2n) is 4.58. The van der Waals surface area contributed by atoms with E-state index in [4.69, 9.17) is 0 Å². The van der Waals surface area contributed by atoms with Crippen LogP contribution in [0.25, 0.3) is 0 Å². The lowest BCUT2D eigenvalue weighted by Gasteiger charge is -2.36. The Hall–Kier alpha value is -1.36. The van der Waals surface area contributed by atoms with Crippen molar-refractivity contribution in [1.29, 1.82) is 0 Å². The van der Waals surface area contributed by atoms with Crippen molar-refractivity contribution >= 4 is 11.6 Å². The van der Waals surface area contributed by atoms with Gasteiger partial charge in [0.25, 0.3) is 0 Å². The van der Waals surface area contributed by atoms with Gasteiger partial charge in [-0.1, -0.05) is 6.92 Å². The van der Waals surface area contributed by atoms with Crippen molar-refractivity contribution in [3.8, 4) is 0 Å². The number of nitrogens with zero attached hydrogens (tertiary/aromatic N) is 2. The van der Waals surface area contributed by atoms with Crippen LogP contribution in [0.4, 0.5) is 11.6 Å². The van der Waals surface area contributed by atoms with Crippen LogP contribution in [0.15, 0.2) is 6.33 Å². The van der Waals surface area contributed by atoms with Gasteiger partial charge >= 0.3 is 0 Å². The fourth-order valence-electron chi connectivity index (χ4n) is 2.12. The highest BCUT2D eigenvalue weighted by atomic mass is 16.3. The molecule has 0 atom stereocenters. The number of aromatic nitrogens is 2. The number of nitrogens with one attached hydrogen (secondary N) is 2. The molecule has 5 heteroatoms. The van der Waals surface area contributed by atoms with Crippen molar-refractivity contribution in [2.75, 3.05) is 24.2 Å². The zero-order valence-electron chi connectivity index (χ0n) is 10.5. The molecule has 1 aliphatic carbocycles. The van der Waals surface area contributed by atoms with Crippen LogP contribution >= 0.6 is 0 Å². The normalized spacial score (nSPS) is 17.4. The molecular formula is C12H20N4O. The predicted octanol–water partition coefficient (Wildman–Crippen LogP) is 1.41. The molecule has 0 aliphatic heterocycles. The van der Waals surface area contributed by atoms with E-state index in [-0.39, 0.29) is 0 Å². The third kappa shape index (κ3) is 2.49. The first kappa shape index (κ1) is 12.1. The summed E-state index contributed by atoms with van der Waals surface area (Å²) in [7, 11) is 1.85. The average Bonchev–Trinajstić information content (AvgIpc) is 2.33. The summed E-state index contributed by atoms with van der Waals surface area (Å²) in [6.07, 6.45) is 5.27. The predicted molar refractivity (Wildman–Crippen MR) is 68.2 cm³/mol.